The summed E-state index contributed by atoms with van der Waals surface area (Å²) in [6.07, 6.45) is 2.30. The number of benzene rings is 2. The third kappa shape index (κ3) is 3.80. The Kier molecular flexibility index (Phi) is 4.97. The summed E-state index contributed by atoms with van der Waals surface area (Å²) in [5.74, 6) is -0.0450. The maximum atomic E-state index is 13.2. The van der Waals surface area contributed by atoms with Gasteiger partial charge in [-0.2, -0.15) is 0 Å². The standard InChI is InChI=1S/C22H26BrN3O3/c1-22(2,3)29-21(28)26-15-7-4-13(11-15)19(26)20(27)25-17-9-5-12-10-14(23)6-8-16(12)18(17)24/h5-6,8-10,13,15,19H,4,7,11,24H2,1-3H3,(H,25,27). The SMILES string of the molecule is CC(C)(C)OC(=O)N1C2CCC(C2)C1C(=O)Nc1ccc2cc(Br)ccc2c1N. The maximum Gasteiger partial charge on any atom is 0.411 e. The number of fused-ring (bicyclic) bond motifs is 3. The summed E-state index contributed by atoms with van der Waals surface area (Å²) < 4.78 is 6.54. The van der Waals surface area contributed by atoms with E-state index < -0.39 is 17.7 Å². The second kappa shape index (κ2) is 7.20. The zero-order valence-electron chi connectivity index (χ0n) is 16.9. The van der Waals surface area contributed by atoms with Crippen LogP contribution in [0, 0.1) is 5.92 Å². The number of anilines is 2. The van der Waals surface area contributed by atoms with E-state index in [1.54, 1.807) is 4.90 Å². The average Bonchev–Trinajstić information content (AvgIpc) is 3.24. The first-order valence-electron chi connectivity index (χ1n) is 9.94. The predicted molar refractivity (Wildman–Crippen MR) is 118 cm³/mol. The lowest BCUT2D eigenvalue weighted by Gasteiger charge is -2.35. The first-order valence-corrected chi connectivity index (χ1v) is 10.7. The summed E-state index contributed by atoms with van der Waals surface area (Å²) in [4.78, 5) is 27.6. The van der Waals surface area contributed by atoms with E-state index >= 15 is 0 Å². The summed E-state index contributed by atoms with van der Waals surface area (Å²) in [6.45, 7) is 5.51. The molecule has 3 atom stereocenters. The van der Waals surface area contributed by atoms with Gasteiger partial charge in [0.05, 0.1) is 11.4 Å². The number of nitrogens with one attached hydrogen (secondary N) is 1. The van der Waals surface area contributed by atoms with Crippen molar-refractivity contribution in [1.29, 1.82) is 0 Å². The molecule has 2 amide bonds. The smallest absolute Gasteiger partial charge is 0.411 e. The van der Waals surface area contributed by atoms with E-state index in [1.165, 1.54) is 0 Å². The molecule has 3 N–H and O–H groups in total. The number of ether oxygens (including phenoxy) is 1. The molecule has 0 spiro atoms. The fraction of sp³-hybridized carbons (Fsp3) is 0.455. The number of hydrogen-bond acceptors (Lipinski definition) is 4. The Bertz CT molecular complexity index is 985. The zero-order chi connectivity index (χ0) is 20.9. The number of piperidine rings is 1. The molecule has 7 heteroatoms. The molecule has 1 aliphatic heterocycles. The molecule has 2 aliphatic rings. The second-order valence-electron chi connectivity index (χ2n) is 8.94. The Hall–Kier alpha value is -2.28. The normalized spacial score (nSPS) is 23.4. The van der Waals surface area contributed by atoms with Crippen LogP contribution in [-0.4, -0.2) is 34.6 Å². The van der Waals surface area contributed by atoms with Crippen molar-refractivity contribution < 1.29 is 14.3 Å². The fourth-order valence-electron chi connectivity index (χ4n) is 4.54. The van der Waals surface area contributed by atoms with Crippen LogP contribution < -0.4 is 11.1 Å². The summed E-state index contributed by atoms with van der Waals surface area (Å²) in [5.41, 5.74) is 6.82. The minimum Gasteiger partial charge on any atom is -0.444 e. The lowest BCUT2D eigenvalue weighted by atomic mass is 9.97. The van der Waals surface area contributed by atoms with Gasteiger partial charge in [0.1, 0.15) is 11.6 Å². The van der Waals surface area contributed by atoms with Crippen LogP contribution in [0.3, 0.4) is 0 Å². The van der Waals surface area contributed by atoms with Gasteiger partial charge in [0.25, 0.3) is 0 Å². The molecule has 3 unspecified atom stereocenters. The van der Waals surface area contributed by atoms with Crippen molar-refractivity contribution in [2.45, 2.75) is 57.7 Å². The van der Waals surface area contributed by atoms with Crippen molar-refractivity contribution in [1.82, 2.24) is 4.90 Å². The van der Waals surface area contributed by atoms with E-state index in [9.17, 15) is 9.59 Å². The number of halogens is 1. The lowest BCUT2D eigenvalue weighted by Crippen LogP contribution is -2.52. The lowest BCUT2D eigenvalue weighted by molar-refractivity contribution is -0.122. The largest absolute Gasteiger partial charge is 0.444 e. The number of nitrogens with two attached hydrogens (primary N) is 1. The van der Waals surface area contributed by atoms with Crippen LogP contribution in [0.1, 0.15) is 40.0 Å². The number of nitrogen functional groups attached to an aromatic ring is 1. The van der Waals surface area contributed by atoms with Crippen LogP contribution in [-0.2, 0) is 9.53 Å². The van der Waals surface area contributed by atoms with Gasteiger partial charge in [-0.3, -0.25) is 9.69 Å². The average molecular weight is 460 g/mol. The summed E-state index contributed by atoms with van der Waals surface area (Å²) in [5, 5.41) is 4.83. The molecule has 2 aromatic rings. The first kappa shape index (κ1) is 20.0. The van der Waals surface area contributed by atoms with E-state index in [0.717, 1.165) is 34.5 Å². The Morgan fingerprint density at radius 3 is 2.69 bits per heavy atom. The number of carbonyl (C=O) groups excluding carboxylic acids is 2. The molecule has 1 saturated carbocycles. The van der Waals surface area contributed by atoms with Crippen molar-refractivity contribution in [3.63, 3.8) is 0 Å². The highest BCUT2D eigenvalue weighted by Crippen LogP contribution is 2.43. The maximum absolute atomic E-state index is 13.2. The van der Waals surface area contributed by atoms with Gasteiger partial charge in [0, 0.05) is 15.9 Å². The van der Waals surface area contributed by atoms with E-state index in [-0.39, 0.29) is 17.9 Å². The molecule has 1 saturated heterocycles. The van der Waals surface area contributed by atoms with Crippen molar-refractivity contribution in [2.75, 3.05) is 11.1 Å². The molecular weight excluding hydrogens is 434 g/mol. The van der Waals surface area contributed by atoms with E-state index in [0.29, 0.717) is 11.4 Å². The molecule has 2 bridgehead atoms. The number of rotatable bonds is 2. The Morgan fingerprint density at radius 1 is 1.21 bits per heavy atom. The van der Waals surface area contributed by atoms with Gasteiger partial charge in [-0.25, -0.2) is 4.79 Å². The number of likely N-dealkylation sites (tertiary alicyclic amines) is 1. The van der Waals surface area contributed by atoms with Crippen molar-refractivity contribution in [3.05, 3.63) is 34.8 Å². The number of amides is 2. The molecule has 29 heavy (non-hydrogen) atoms. The topological polar surface area (TPSA) is 84.7 Å². The van der Waals surface area contributed by atoms with Gasteiger partial charge >= 0.3 is 6.09 Å². The Morgan fingerprint density at radius 2 is 1.97 bits per heavy atom. The number of hydrogen-bond donors (Lipinski definition) is 2. The molecular formula is C22H26BrN3O3. The first-order chi connectivity index (χ1) is 13.6. The van der Waals surface area contributed by atoms with Crippen molar-refractivity contribution in [3.8, 4) is 0 Å². The molecule has 1 aliphatic carbocycles. The molecule has 1 heterocycles. The highest BCUT2D eigenvalue weighted by molar-refractivity contribution is 9.10. The third-order valence-electron chi connectivity index (χ3n) is 5.74. The predicted octanol–water partition coefficient (Wildman–Crippen LogP) is 4.91. The van der Waals surface area contributed by atoms with Crippen LogP contribution >= 0.6 is 15.9 Å². The molecule has 4 rings (SSSR count). The van der Waals surface area contributed by atoms with Gasteiger partial charge in [-0.05, 0) is 69.5 Å². The van der Waals surface area contributed by atoms with Crippen molar-refractivity contribution in [2.24, 2.45) is 5.92 Å². The molecule has 0 radical (unpaired) electrons. The van der Waals surface area contributed by atoms with Crippen LogP contribution in [0.4, 0.5) is 16.2 Å². The summed E-state index contributed by atoms with van der Waals surface area (Å²) in [7, 11) is 0. The molecule has 154 valence electrons. The van der Waals surface area contributed by atoms with Gasteiger partial charge in [0.15, 0.2) is 0 Å². The quantitative estimate of drug-likeness (QED) is 0.624. The minimum absolute atomic E-state index is 0.0666. The van der Waals surface area contributed by atoms with E-state index in [1.807, 2.05) is 51.1 Å². The Balaban J connectivity index is 1.58. The van der Waals surface area contributed by atoms with Crippen LogP contribution in [0.2, 0.25) is 0 Å². The minimum atomic E-state index is -0.600. The van der Waals surface area contributed by atoms with Crippen LogP contribution in [0.15, 0.2) is 34.8 Å². The number of carbonyl (C=O) groups is 2. The van der Waals surface area contributed by atoms with Gasteiger partial charge < -0.3 is 15.8 Å². The van der Waals surface area contributed by atoms with E-state index in [2.05, 4.69) is 21.2 Å². The van der Waals surface area contributed by atoms with Gasteiger partial charge in [-0.1, -0.05) is 28.1 Å². The van der Waals surface area contributed by atoms with Gasteiger partial charge in [-0.15, -0.1) is 0 Å². The third-order valence-corrected chi connectivity index (χ3v) is 6.23. The fourth-order valence-corrected chi connectivity index (χ4v) is 4.92. The van der Waals surface area contributed by atoms with Crippen LogP contribution in [0.5, 0.6) is 0 Å². The monoisotopic (exact) mass is 459 g/mol. The van der Waals surface area contributed by atoms with E-state index in [4.69, 9.17) is 10.5 Å². The molecule has 2 fully saturated rings. The molecule has 0 aromatic heterocycles. The highest BCUT2D eigenvalue weighted by atomic mass is 79.9. The number of nitrogens with zero attached hydrogens (tertiary/aromatic N) is 1. The Labute approximate surface area is 178 Å². The van der Waals surface area contributed by atoms with Gasteiger partial charge in [0.2, 0.25) is 5.91 Å². The highest BCUT2D eigenvalue weighted by Gasteiger charge is 2.52. The summed E-state index contributed by atoms with van der Waals surface area (Å²) >= 11 is 3.46. The zero-order valence-corrected chi connectivity index (χ0v) is 18.5. The second-order valence-corrected chi connectivity index (χ2v) is 9.86. The molecule has 6 nitrogen and oxygen atoms in total. The van der Waals surface area contributed by atoms with Crippen molar-refractivity contribution >= 4 is 50.1 Å². The van der Waals surface area contributed by atoms with Crippen LogP contribution in [0.25, 0.3) is 10.8 Å². The summed E-state index contributed by atoms with van der Waals surface area (Å²) in [6, 6.07) is 9.11. The molecule has 2 aromatic carbocycles.